The lowest BCUT2D eigenvalue weighted by Crippen LogP contribution is -2.15. The van der Waals surface area contributed by atoms with Gasteiger partial charge in [0.05, 0.1) is 18.6 Å². The number of nitrogens with one attached hydrogen (secondary N) is 1. The summed E-state index contributed by atoms with van der Waals surface area (Å²) >= 11 is 0. The number of carbonyl (C=O) groups excluding carboxylic acids is 2. The smallest absolute Gasteiger partial charge is 0.338 e. The first kappa shape index (κ1) is 18.6. The summed E-state index contributed by atoms with van der Waals surface area (Å²) in [5.74, 6) is -0.635. The van der Waals surface area contributed by atoms with E-state index in [1.165, 1.54) is 0 Å². The lowest BCUT2D eigenvalue weighted by atomic mass is 10.1. The number of fused-ring (bicyclic) bond motifs is 1. The lowest BCUT2D eigenvalue weighted by molar-refractivity contribution is -0.115. The van der Waals surface area contributed by atoms with Crippen LogP contribution < -0.4 is 5.32 Å². The molecule has 0 saturated carbocycles. The van der Waals surface area contributed by atoms with E-state index in [4.69, 9.17) is 9.26 Å². The summed E-state index contributed by atoms with van der Waals surface area (Å²) in [6, 6.07) is 10.6. The fourth-order valence-electron chi connectivity index (χ4n) is 2.73. The zero-order chi connectivity index (χ0) is 19.4. The van der Waals surface area contributed by atoms with Gasteiger partial charge in [-0.1, -0.05) is 18.1 Å². The third-order valence-electron chi connectivity index (χ3n) is 4.31. The summed E-state index contributed by atoms with van der Waals surface area (Å²) < 4.78 is 10.5. The Morgan fingerprint density at radius 1 is 1.15 bits per heavy atom. The first-order valence-electron chi connectivity index (χ1n) is 8.90. The van der Waals surface area contributed by atoms with Gasteiger partial charge in [0, 0.05) is 11.1 Å². The molecule has 1 N–H and O–H groups in total. The molecule has 0 aliphatic rings. The molecule has 2 aromatic carbocycles. The molecule has 0 bridgehead atoms. The van der Waals surface area contributed by atoms with E-state index in [0.717, 1.165) is 22.9 Å². The Labute approximate surface area is 157 Å². The maximum absolute atomic E-state index is 12.4. The fourth-order valence-corrected chi connectivity index (χ4v) is 2.73. The second-order valence-electron chi connectivity index (χ2n) is 6.50. The Balaban J connectivity index is 1.71. The molecule has 140 valence electrons. The van der Waals surface area contributed by atoms with Crippen molar-refractivity contribution in [3.8, 4) is 0 Å². The highest BCUT2D eigenvalue weighted by Gasteiger charge is 2.14. The molecule has 0 radical (unpaired) electrons. The molecule has 0 fully saturated rings. The van der Waals surface area contributed by atoms with Gasteiger partial charge in [0.2, 0.25) is 5.91 Å². The number of hydrogen-bond acceptors (Lipinski definition) is 5. The van der Waals surface area contributed by atoms with Crippen LogP contribution in [0.1, 0.15) is 40.5 Å². The zero-order valence-electron chi connectivity index (χ0n) is 15.7. The molecule has 6 heteroatoms. The average molecular weight is 366 g/mol. The van der Waals surface area contributed by atoms with Crippen molar-refractivity contribution >= 4 is 28.5 Å². The molecule has 0 aliphatic heterocycles. The summed E-state index contributed by atoms with van der Waals surface area (Å²) in [5, 5.41) is 7.66. The van der Waals surface area contributed by atoms with Crippen LogP contribution in [0.3, 0.4) is 0 Å². The number of aryl methyl sites for hydroxylation is 2. The van der Waals surface area contributed by atoms with Gasteiger partial charge in [-0.15, -0.1) is 0 Å². The summed E-state index contributed by atoms with van der Waals surface area (Å²) in [7, 11) is 0. The van der Waals surface area contributed by atoms with Gasteiger partial charge in [-0.05, 0) is 61.7 Å². The Morgan fingerprint density at radius 2 is 1.93 bits per heavy atom. The first-order chi connectivity index (χ1) is 13.0. The van der Waals surface area contributed by atoms with Crippen LogP contribution in [0.15, 0.2) is 40.9 Å². The third-order valence-corrected chi connectivity index (χ3v) is 4.31. The molecule has 3 aromatic rings. The second kappa shape index (κ2) is 8.03. The highest BCUT2D eigenvalue weighted by molar-refractivity contribution is 5.96. The van der Waals surface area contributed by atoms with Gasteiger partial charge in [0.25, 0.3) is 0 Å². The first-order valence-corrected chi connectivity index (χ1v) is 8.90. The largest absolute Gasteiger partial charge is 0.462 e. The zero-order valence-corrected chi connectivity index (χ0v) is 15.7. The van der Waals surface area contributed by atoms with Crippen molar-refractivity contribution in [1.29, 1.82) is 0 Å². The van der Waals surface area contributed by atoms with Crippen molar-refractivity contribution in [2.75, 3.05) is 11.9 Å². The van der Waals surface area contributed by atoms with Crippen molar-refractivity contribution in [1.82, 2.24) is 5.16 Å². The Morgan fingerprint density at radius 3 is 2.70 bits per heavy atom. The summed E-state index contributed by atoms with van der Waals surface area (Å²) in [4.78, 5) is 24.4. The second-order valence-corrected chi connectivity index (χ2v) is 6.50. The minimum Gasteiger partial charge on any atom is -0.462 e. The number of carbonyl (C=O) groups is 2. The van der Waals surface area contributed by atoms with Gasteiger partial charge < -0.3 is 14.6 Å². The predicted molar refractivity (Wildman–Crippen MR) is 103 cm³/mol. The molecule has 0 unspecified atom stereocenters. The number of benzene rings is 2. The highest BCUT2D eigenvalue weighted by atomic mass is 16.5. The number of ether oxygens (including phenoxy) is 1. The molecule has 3 rings (SSSR count). The summed E-state index contributed by atoms with van der Waals surface area (Å²) in [5.41, 5.74) is 4.42. The van der Waals surface area contributed by atoms with E-state index in [0.29, 0.717) is 29.1 Å². The van der Waals surface area contributed by atoms with Crippen LogP contribution in [-0.2, 0) is 16.0 Å². The predicted octanol–water partition coefficient (Wildman–Crippen LogP) is 4.19. The summed E-state index contributed by atoms with van der Waals surface area (Å²) in [6.45, 7) is 6.31. The van der Waals surface area contributed by atoms with Gasteiger partial charge in [-0.3, -0.25) is 4.79 Å². The number of anilines is 1. The lowest BCUT2D eigenvalue weighted by Gasteiger charge is -2.07. The van der Waals surface area contributed by atoms with Crippen LogP contribution in [0.5, 0.6) is 0 Å². The topological polar surface area (TPSA) is 81.4 Å². The number of nitrogens with zero attached hydrogens (tertiary/aromatic N) is 1. The van der Waals surface area contributed by atoms with Gasteiger partial charge in [0.15, 0.2) is 5.58 Å². The normalized spacial score (nSPS) is 10.8. The molecule has 6 nitrogen and oxygen atoms in total. The van der Waals surface area contributed by atoms with Crippen molar-refractivity contribution in [2.45, 2.75) is 33.6 Å². The molecule has 0 spiro atoms. The maximum Gasteiger partial charge on any atom is 0.338 e. The molecular weight excluding hydrogens is 344 g/mol. The Bertz CT molecular complexity index is 991. The average Bonchev–Trinajstić information content (AvgIpc) is 3.01. The van der Waals surface area contributed by atoms with E-state index < -0.39 is 5.97 Å². The van der Waals surface area contributed by atoms with Gasteiger partial charge in [-0.2, -0.15) is 0 Å². The number of hydrogen-bond donors (Lipinski definition) is 1. The van der Waals surface area contributed by atoms with Crippen LogP contribution >= 0.6 is 0 Å². The van der Waals surface area contributed by atoms with Crippen molar-refractivity contribution in [3.63, 3.8) is 0 Å². The number of amides is 1. The Hall–Kier alpha value is -3.15. The quantitative estimate of drug-likeness (QED) is 0.662. The number of aromatic nitrogens is 1. The number of esters is 1. The van der Waals surface area contributed by atoms with E-state index in [1.54, 1.807) is 24.3 Å². The van der Waals surface area contributed by atoms with E-state index >= 15 is 0 Å². The Kier molecular flexibility index (Phi) is 5.54. The maximum atomic E-state index is 12.4. The minimum atomic E-state index is -0.402. The van der Waals surface area contributed by atoms with Crippen LogP contribution in [0, 0.1) is 13.8 Å². The van der Waals surface area contributed by atoms with Gasteiger partial charge in [0.1, 0.15) is 5.69 Å². The van der Waals surface area contributed by atoms with Gasteiger partial charge >= 0.3 is 5.97 Å². The van der Waals surface area contributed by atoms with E-state index in [-0.39, 0.29) is 12.3 Å². The monoisotopic (exact) mass is 366 g/mol. The van der Waals surface area contributed by atoms with E-state index in [2.05, 4.69) is 10.5 Å². The van der Waals surface area contributed by atoms with Crippen molar-refractivity contribution in [2.24, 2.45) is 0 Å². The molecule has 0 aliphatic carbocycles. The summed E-state index contributed by atoms with van der Waals surface area (Å²) in [6.07, 6.45) is 0.840. The molecule has 0 saturated heterocycles. The van der Waals surface area contributed by atoms with Crippen molar-refractivity contribution in [3.05, 3.63) is 58.8 Å². The highest BCUT2D eigenvalue weighted by Crippen LogP contribution is 2.23. The molecular formula is C21H22N2O4. The molecule has 1 amide bonds. The molecule has 1 heterocycles. The van der Waals surface area contributed by atoms with E-state index in [1.807, 2.05) is 32.9 Å². The minimum absolute atomic E-state index is 0.0833. The molecule has 0 atom stereocenters. The standard InChI is InChI=1S/C21H22N2O4/c1-4-8-26-21(25)15-6-5-7-16(11-15)22-20(24)12-18-17-9-13(2)14(3)10-19(17)27-23-18/h5-7,9-11H,4,8,12H2,1-3H3,(H,22,24). The van der Waals surface area contributed by atoms with Crippen LogP contribution in [0.25, 0.3) is 11.0 Å². The van der Waals surface area contributed by atoms with Crippen LogP contribution in [-0.4, -0.2) is 23.6 Å². The fraction of sp³-hybridized carbons (Fsp3) is 0.286. The van der Waals surface area contributed by atoms with Crippen molar-refractivity contribution < 1.29 is 18.8 Å². The van der Waals surface area contributed by atoms with E-state index in [9.17, 15) is 9.59 Å². The third kappa shape index (κ3) is 4.34. The van der Waals surface area contributed by atoms with Crippen LogP contribution in [0.4, 0.5) is 5.69 Å². The van der Waals surface area contributed by atoms with Crippen LogP contribution in [0.2, 0.25) is 0 Å². The van der Waals surface area contributed by atoms with Gasteiger partial charge in [-0.25, -0.2) is 4.79 Å². The molecule has 27 heavy (non-hydrogen) atoms. The molecule has 1 aromatic heterocycles. The SMILES string of the molecule is CCCOC(=O)c1cccc(NC(=O)Cc2noc3cc(C)c(C)cc23)c1. The number of rotatable bonds is 6.